The quantitative estimate of drug-likeness (QED) is 0.468. The maximum absolute atomic E-state index is 12.7. The molecule has 0 aliphatic heterocycles. The first-order valence-electron chi connectivity index (χ1n) is 10.2. The molecule has 6 nitrogen and oxygen atoms in total. The summed E-state index contributed by atoms with van der Waals surface area (Å²) in [6.45, 7) is 3.90. The van der Waals surface area contributed by atoms with E-state index in [2.05, 4.69) is 17.2 Å². The summed E-state index contributed by atoms with van der Waals surface area (Å²) >= 11 is 0. The summed E-state index contributed by atoms with van der Waals surface area (Å²) in [6, 6.07) is 22.0. The van der Waals surface area contributed by atoms with Gasteiger partial charge in [0.2, 0.25) is 0 Å². The standard InChI is InChI=1S/C26H26N2O4/c1-3-9-19-14-15-23(24(16-19)31-2)32-18-25(29)28-22-13-8-7-12-21(22)26(30)27-17-20-10-5-4-6-11-20/h3-8,10-16H,1,9,17-18H2,2H3,(H,27,30)(H,28,29). The van der Waals surface area contributed by atoms with E-state index in [0.717, 1.165) is 11.1 Å². The number of ether oxygens (including phenoxy) is 2. The molecule has 0 unspecified atom stereocenters. The van der Waals surface area contributed by atoms with E-state index in [1.165, 1.54) is 0 Å². The van der Waals surface area contributed by atoms with Gasteiger partial charge in [-0.25, -0.2) is 0 Å². The molecule has 2 N–H and O–H groups in total. The SMILES string of the molecule is C=CCc1ccc(OCC(=O)Nc2ccccc2C(=O)NCc2ccccc2)c(OC)c1. The van der Waals surface area contributed by atoms with Gasteiger partial charge in [-0.05, 0) is 41.8 Å². The first-order valence-corrected chi connectivity index (χ1v) is 10.2. The van der Waals surface area contributed by atoms with E-state index in [4.69, 9.17) is 9.47 Å². The van der Waals surface area contributed by atoms with E-state index >= 15 is 0 Å². The predicted molar refractivity (Wildman–Crippen MR) is 125 cm³/mol. The number of hydrogen-bond donors (Lipinski definition) is 2. The van der Waals surface area contributed by atoms with Crippen molar-refractivity contribution >= 4 is 17.5 Å². The summed E-state index contributed by atoms with van der Waals surface area (Å²) in [4.78, 5) is 25.1. The first kappa shape index (κ1) is 22.6. The van der Waals surface area contributed by atoms with Crippen LogP contribution in [0.2, 0.25) is 0 Å². The zero-order chi connectivity index (χ0) is 22.8. The van der Waals surface area contributed by atoms with Crippen molar-refractivity contribution in [1.29, 1.82) is 0 Å². The average Bonchev–Trinajstić information content (AvgIpc) is 2.82. The second-order valence-electron chi connectivity index (χ2n) is 7.03. The Labute approximate surface area is 187 Å². The Kier molecular flexibility index (Phi) is 8.03. The van der Waals surface area contributed by atoms with Gasteiger partial charge >= 0.3 is 0 Å². The molecule has 0 aliphatic rings. The van der Waals surface area contributed by atoms with Gasteiger partial charge in [-0.3, -0.25) is 9.59 Å². The lowest BCUT2D eigenvalue weighted by atomic mass is 10.1. The average molecular weight is 431 g/mol. The molecule has 0 heterocycles. The minimum atomic E-state index is -0.384. The number of hydrogen-bond acceptors (Lipinski definition) is 4. The van der Waals surface area contributed by atoms with Crippen LogP contribution in [0.15, 0.2) is 85.5 Å². The van der Waals surface area contributed by atoms with Crippen LogP contribution in [-0.4, -0.2) is 25.5 Å². The number of anilines is 1. The summed E-state index contributed by atoms with van der Waals surface area (Å²) in [5.74, 6) is 0.345. The number of rotatable bonds is 10. The Hall–Kier alpha value is -4.06. The Balaban J connectivity index is 1.61. The van der Waals surface area contributed by atoms with Crippen LogP contribution in [0.4, 0.5) is 5.69 Å². The van der Waals surface area contributed by atoms with Crippen molar-refractivity contribution in [2.45, 2.75) is 13.0 Å². The highest BCUT2D eigenvalue weighted by atomic mass is 16.5. The molecule has 0 saturated carbocycles. The highest BCUT2D eigenvalue weighted by Gasteiger charge is 2.14. The molecule has 32 heavy (non-hydrogen) atoms. The number of para-hydroxylation sites is 1. The van der Waals surface area contributed by atoms with Crippen molar-refractivity contribution in [2.24, 2.45) is 0 Å². The van der Waals surface area contributed by atoms with E-state index in [-0.39, 0.29) is 18.4 Å². The van der Waals surface area contributed by atoms with Crippen LogP contribution >= 0.6 is 0 Å². The number of methoxy groups -OCH3 is 1. The van der Waals surface area contributed by atoms with Crippen LogP contribution in [-0.2, 0) is 17.8 Å². The van der Waals surface area contributed by atoms with Gasteiger partial charge in [-0.2, -0.15) is 0 Å². The van der Waals surface area contributed by atoms with Crippen molar-refractivity contribution in [3.8, 4) is 11.5 Å². The van der Waals surface area contributed by atoms with Crippen LogP contribution in [0, 0.1) is 0 Å². The zero-order valence-electron chi connectivity index (χ0n) is 18.0. The van der Waals surface area contributed by atoms with Crippen molar-refractivity contribution in [1.82, 2.24) is 5.32 Å². The molecular formula is C26H26N2O4. The van der Waals surface area contributed by atoms with Gasteiger partial charge in [0.1, 0.15) is 0 Å². The number of allylic oxidation sites excluding steroid dienone is 1. The van der Waals surface area contributed by atoms with Crippen LogP contribution in [0.25, 0.3) is 0 Å². The van der Waals surface area contributed by atoms with Crippen LogP contribution in [0.5, 0.6) is 11.5 Å². The largest absolute Gasteiger partial charge is 0.493 e. The highest BCUT2D eigenvalue weighted by molar-refractivity contribution is 6.04. The summed E-state index contributed by atoms with van der Waals surface area (Å²) in [6.07, 6.45) is 2.51. The first-order chi connectivity index (χ1) is 15.6. The molecule has 164 valence electrons. The summed E-state index contributed by atoms with van der Waals surface area (Å²) in [5, 5.41) is 5.62. The van der Waals surface area contributed by atoms with Gasteiger partial charge in [0, 0.05) is 6.54 Å². The summed E-state index contributed by atoms with van der Waals surface area (Å²) in [5.41, 5.74) is 2.82. The smallest absolute Gasteiger partial charge is 0.262 e. The number of carbonyl (C=O) groups excluding carboxylic acids is 2. The third kappa shape index (κ3) is 6.22. The number of amides is 2. The van der Waals surface area contributed by atoms with Gasteiger partial charge < -0.3 is 20.1 Å². The third-order valence-electron chi connectivity index (χ3n) is 4.71. The fourth-order valence-corrected chi connectivity index (χ4v) is 3.12. The molecule has 0 radical (unpaired) electrons. The van der Waals surface area contributed by atoms with Crippen molar-refractivity contribution in [3.63, 3.8) is 0 Å². The second kappa shape index (κ2) is 11.4. The van der Waals surface area contributed by atoms with Gasteiger partial charge in [-0.15, -0.1) is 6.58 Å². The Morgan fingerprint density at radius 2 is 1.69 bits per heavy atom. The molecule has 0 fully saturated rings. The van der Waals surface area contributed by atoms with Crippen LogP contribution < -0.4 is 20.1 Å². The van der Waals surface area contributed by atoms with Crippen LogP contribution in [0.1, 0.15) is 21.5 Å². The molecule has 0 bridgehead atoms. The normalized spacial score (nSPS) is 10.2. The lowest BCUT2D eigenvalue weighted by Gasteiger charge is -2.14. The molecule has 0 spiro atoms. The topological polar surface area (TPSA) is 76.7 Å². The van der Waals surface area contributed by atoms with E-state index < -0.39 is 0 Å². The molecule has 0 aliphatic carbocycles. The van der Waals surface area contributed by atoms with Crippen LogP contribution in [0.3, 0.4) is 0 Å². The maximum atomic E-state index is 12.7. The molecule has 3 aromatic rings. The predicted octanol–water partition coefficient (Wildman–Crippen LogP) is 4.37. The molecule has 0 aromatic heterocycles. The molecule has 2 amide bonds. The fraction of sp³-hybridized carbons (Fsp3) is 0.154. The van der Waals surface area contributed by atoms with Gasteiger partial charge in [0.05, 0.1) is 18.4 Å². The van der Waals surface area contributed by atoms with E-state index in [1.807, 2.05) is 42.5 Å². The molecule has 3 rings (SSSR count). The Morgan fingerprint density at radius 3 is 2.44 bits per heavy atom. The highest BCUT2D eigenvalue weighted by Crippen LogP contribution is 2.28. The third-order valence-corrected chi connectivity index (χ3v) is 4.71. The summed E-state index contributed by atoms with van der Waals surface area (Å²) < 4.78 is 11.0. The molecular weight excluding hydrogens is 404 g/mol. The monoisotopic (exact) mass is 430 g/mol. The Bertz CT molecular complexity index is 1080. The minimum Gasteiger partial charge on any atom is -0.493 e. The lowest BCUT2D eigenvalue weighted by molar-refractivity contribution is -0.118. The fourth-order valence-electron chi connectivity index (χ4n) is 3.12. The molecule has 0 saturated heterocycles. The van der Waals surface area contributed by atoms with Gasteiger partial charge in [0.15, 0.2) is 18.1 Å². The molecule has 3 aromatic carbocycles. The van der Waals surface area contributed by atoms with Crippen molar-refractivity contribution < 1.29 is 19.1 Å². The van der Waals surface area contributed by atoms with Crippen molar-refractivity contribution in [3.05, 3.63) is 102 Å². The van der Waals surface area contributed by atoms with Crippen molar-refractivity contribution in [2.75, 3.05) is 19.0 Å². The summed E-state index contributed by atoms with van der Waals surface area (Å²) in [7, 11) is 1.55. The zero-order valence-corrected chi connectivity index (χ0v) is 18.0. The minimum absolute atomic E-state index is 0.225. The maximum Gasteiger partial charge on any atom is 0.262 e. The molecule has 6 heteroatoms. The van der Waals surface area contributed by atoms with Gasteiger partial charge in [0.25, 0.3) is 11.8 Å². The number of nitrogens with one attached hydrogen (secondary N) is 2. The second-order valence-corrected chi connectivity index (χ2v) is 7.03. The lowest BCUT2D eigenvalue weighted by Crippen LogP contribution is -2.26. The Morgan fingerprint density at radius 1 is 0.938 bits per heavy atom. The number of benzene rings is 3. The van der Waals surface area contributed by atoms with E-state index in [1.54, 1.807) is 43.5 Å². The van der Waals surface area contributed by atoms with E-state index in [0.29, 0.717) is 35.7 Å². The van der Waals surface area contributed by atoms with E-state index in [9.17, 15) is 9.59 Å². The molecule has 0 atom stereocenters. The number of carbonyl (C=O) groups is 2. The van der Waals surface area contributed by atoms with Gasteiger partial charge in [-0.1, -0.05) is 54.6 Å².